The van der Waals surface area contributed by atoms with E-state index in [0.29, 0.717) is 13.0 Å². The summed E-state index contributed by atoms with van der Waals surface area (Å²) in [5.41, 5.74) is 4.97. The second-order valence-corrected chi connectivity index (χ2v) is 12.2. The zero-order valence-corrected chi connectivity index (χ0v) is 24.3. The normalized spacial score (nSPS) is 19.3. The molecule has 5 nitrogen and oxygen atoms in total. The number of carbonyl (C=O) groups is 1. The van der Waals surface area contributed by atoms with E-state index in [-0.39, 0.29) is 36.3 Å². The van der Waals surface area contributed by atoms with Gasteiger partial charge in [0.25, 0.3) is 0 Å². The molecule has 6 heteroatoms. The molecular weight excluding hydrogens is 493 g/mol. The number of hydrogen-bond donors (Lipinski definition) is 0. The van der Waals surface area contributed by atoms with E-state index in [1.807, 2.05) is 65.0 Å². The summed E-state index contributed by atoms with van der Waals surface area (Å²) in [5.74, 6) is -1.03. The van der Waals surface area contributed by atoms with Gasteiger partial charge in [0.1, 0.15) is 11.4 Å². The average Bonchev–Trinajstić information content (AvgIpc) is 3.21. The average molecular weight is 536 g/mol. The van der Waals surface area contributed by atoms with Crippen LogP contribution in [0.15, 0.2) is 60.7 Å². The molecule has 1 aromatic heterocycles. The lowest BCUT2D eigenvalue weighted by Gasteiger charge is -2.41. The molecule has 0 radical (unpaired) electrons. The topological polar surface area (TPSA) is 49.7 Å². The molecule has 3 aromatic rings. The van der Waals surface area contributed by atoms with Crippen molar-refractivity contribution in [2.24, 2.45) is 0 Å². The number of halogens is 1. The van der Waals surface area contributed by atoms with Gasteiger partial charge in [0, 0.05) is 24.2 Å². The van der Waals surface area contributed by atoms with E-state index in [4.69, 9.17) is 14.2 Å². The van der Waals surface area contributed by atoms with Crippen molar-refractivity contribution in [2.45, 2.75) is 104 Å². The highest BCUT2D eigenvalue weighted by atomic mass is 19.1. The van der Waals surface area contributed by atoms with Crippen LogP contribution in [0, 0.1) is 5.82 Å². The maximum absolute atomic E-state index is 13.9. The summed E-state index contributed by atoms with van der Waals surface area (Å²) in [4.78, 5) is 12.5. The molecule has 0 bridgehead atoms. The van der Waals surface area contributed by atoms with E-state index < -0.39 is 11.4 Å². The van der Waals surface area contributed by atoms with Crippen LogP contribution < -0.4 is 0 Å². The number of benzene rings is 2. The molecular formula is C33H42FNO4. The lowest BCUT2D eigenvalue weighted by atomic mass is 10.0. The molecule has 0 N–H and O–H groups in total. The van der Waals surface area contributed by atoms with Gasteiger partial charge in [-0.15, -0.1) is 0 Å². The largest absolute Gasteiger partial charge is 0.460 e. The van der Waals surface area contributed by atoms with E-state index >= 15 is 0 Å². The minimum Gasteiger partial charge on any atom is -0.460 e. The highest BCUT2D eigenvalue weighted by molar-refractivity contribution is 5.82. The lowest BCUT2D eigenvalue weighted by molar-refractivity contribution is -0.301. The first-order chi connectivity index (χ1) is 18.3. The van der Waals surface area contributed by atoms with Gasteiger partial charge < -0.3 is 18.8 Å². The van der Waals surface area contributed by atoms with Gasteiger partial charge in [0.05, 0.1) is 24.3 Å². The van der Waals surface area contributed by atoms with Crippen LogP contribution in [0.4, 0.5) is 4.39 Å². The zero-order chi connectivity index (χ0) is 28.4. The third-order valence-corrected chi connectivity index (χ3v) is 6.84. The van der Waals surface area contributed by atoms with E-state index in [1.165, 1.54) is 17.8 Å². The first-order valence-electron chi connectivity index (χ1n) is 13.9. The Bertz CT molecular complexity index is 1260. The summed E-state index contributed by atoms with van der Waals surface area (Å²) in [7, 11) is 0. The van der Waals surface area contributed by atoms with Gasteiger partial charge in [-0.3, -0.25) is 4.79 Å². The summed E-state index contributed by atoms with van der Waals surface area (Å²) in [6.07, 6.45) is 1.18. The van der Waals surface area contributed by atoms with Crippen molar-refractivity contribution >= 4 is 5.97 Å². The summed E-state index contributed by atoms with van der Waals surface area (Å²) in [6, 6.07) is 19.3. The molecule has 39 heavy (non-hydrogen) atoms. The predicted octanol–water partition coefficient (Wildman–Crippen LogP) is 8.12. The molecule has 1 saturated heterocycles. The van der Waals surface area contributed by atoms with E-state index in [1.54, 1.807) is 0 Å². The standard InChI is InChI=1S/C33H42FNO4/c1-22(2)29-21-28(23-11-9-8-10-12-23)31(24-13-15-25(34)16-14-24)35(29)18-17-26-19-27(38-33(6,7)37-26)20-30(36)39-32(3,4)5/h8-16,21-22,26-27H,17-20H2,1-7H3/t26-,27-/m1/s1. The molecule has 0 saturated carbocycles. The van der Waals surface area contributed by atoms with Gasteiger partial charge in [0.15, 0.2) is 5.79 Å². The fourth-order valence-electron chi connectivity index (χ4n) is 5.41. The molecule has 2 heterocycles. The van der Waals surface area contributed by atoms with Crippen molar-refractivity contribution in [3.8, 4) is 22.4 Å². The number of rotatable bonds is 8. The maximum Gasteiger partial charge on any atom is 0.308 e. The minimum absolute atomic E-state index is 0.0927. The molecule has 1 aliphatic rings. The Balaban J connectivity index is 1.63. The fourth-order valence-corrected chi connectivity index (χ4v) is 5.41. The van der Waals surface area contributed by atoms with Crippen LogP contribution in [0.25, 0.3) is 22.4 Å². The molecule has 4 rings (SSSR count). The molecule has 0 aliphatic carbocycles. The van der Waals surface area contributed by atoms with Crippen LogP contribution in [0.1, 0.15) is 79.3 Å². The number of nitrogens with zero attached hydrogens (tertiary/aromatic N) is 1. The second kappa shape index (κ2) is 11.6. The monoisotopic (exact) mass is 535 g/mol. The first-order valence-corrected chi connectivity index (χ1v) is 13.9. The van der Waals surface area contributed by atoms with Crippen LogP contribution in [0.5, 0.6) is 0 Å². The summed E-state index contributed by atoms with van der Waals surface area (Å²) >= 11 is 0. The Morgan fingerprint density at radius 1 is 1.03 bits per heavy atom. The van der Waals surface area contributed by atoms with Crippen molar-refractivity contribution in [2.75, 3.05) is 0 Å². The van der Waals surface area contributed by atoms with Gasteiger partial charge in [0.2, 0.25) is 0 Å². The minimum atomic E-state index is -0.803. The molecule has 1 aliphatic heterocycles. The predicted molar refractivity (Wildman–Crippen MR) is 153 cm³/mol. The highest BCUT2D eigenvalue weighted by Crippen LogP contribution is 2.39. The number of carbonyl (C=O) groups excluding carboxylic acids is 1. The maximum atomic E-state index is 13.9. The quantitative estimate of drug-likeness (QED) is 0.273. The first kappa shape index (κ1) is 29.0. The molecule has 0 unspecified atom stereocenters. The Hall–Kier alpha value is -2.96. The molecule has 1 fully saturated rings. The van der Waals surface area contributed by atoms with Gasteiger partial charge in [-0.1, -0.05) is 44.2 Å². The SMILES string of the molecule is CC(C)c1cc(-c2ccccc2)c(-c2ccc(F)cc2)n1CC[C@@H]1C[C@H](CC(=O)OC(C)(C)C)OC(C)(C)O1. The van der Waals surface area contributed by atoms with E-state index in [9.17, 15) is 9.18 Å². The summed E-state index contributed by atoms with van der Waals surface area (Å²) in [6.45, 7) is 14.5. The second-order valence-electron chi connectivity index (χ2n) is 12.2. The smallest absolute Gasteiger partial charge is 0.308 e. The molecule has 210 valence electrons. The van der Waals surface area contributed by atoms with Crippen LogP contribution in [0.2, 0.25) is 0 Å². The Kier molecular flexibility index (Phi) is 8.67. The highest BCUT2D eigenvalue weighted by Gasteiger charge is 2.37. The van der Waals surface area contributed by atoms with Crippen molar-refractivity contribution in [1.82, 2.24) is 4.57 Å². The van der Waals surface area contributed by atoms with Gasteiger partial charge in [-0.05, 0) is 88.4 Å². The number of ether oxygens (including phenoxy) is 3. The zero-order valence-electron chi connectivity index (χ0n) is 24.3. The van der Waals surface area contributed by atoms with Gasteiger partial charge in [-0.25, -0.2) is 4.39 Å². The van der Waals surface area contributed by atoms with Gasteiger partial charge >= 0.3 is 5.97 Å². The Morgan fingerprint density at radius 2 is 1.67 bits per heavy atom. The van der Waals surface area contributed by atoms with Crippen molar-refractivity contribution in [1.29, 1.82) is 0 Å². The molecule has 0 spiro atoms. The third kappa shape index (κ3) is 7.58. The third-order valence-electron chi connectivity index (χ3n) is 6.84. The van der Waals surface area contributed by atoms with Crippen LogP contribution in [-0.4, -0.2) is 34.1 Å². The van der Waals surface area contributed by atoms with Gasteiger partial charge in [-0.2, -0.15) is 0 Å². The van der Waals surface area contributed by atoms with E-state index in [2.05, 4.69) is 36.6 Å². The Labute approximate surface area is 232 Å². The van der Waals surface area contributed by atoms with Crippen molar-refractivity contribution in [3.05, 3.63) is 72.2 Å². The van der Waals surface area contributed by atoms with Crippen molar-refractivity contribution in [3.63, 3.8) is 0 Å². The number of aromatic nitrogens is 1. The lowest BCUT2D eigenvalue weighted by Crippen LogP contribution is -2.46. The summed E-state index contributed by atoms with van der Waals surface area (Å²) < 4.78 is 34.2. The molecule has 2 atom stereocenters. The molecule has 2 aromatic carbocycles. The van der Waals surface area contributed by atoms with Crippen LogP contribution >= 0.6 is 0 Å². The number of hydrogen-bond acceptors (Lipinski definition) is 4. The molecule has 0 amide bonds. The summed E-state index contributed by atoms with van der Waals surface area (Å²) in [5, 5.41) is 0. The van der Waals surface area contributed by atoms with E-state index in [0.717, 1.165) is 28.8 Å². The Morgan fingerprint density at radius 3 is 2.28 bits per heavy atom. The number of esters is 1. The van der Waals surface area contributed by atoms with Crippen molar-refractivity contribution < 1.29 is 23.4 Å². The fraction of sp³-hybridized carbons (Fsp3) is 0.485. The van der Waals surface area contributed by atoms with Crippen LogP contribution in [-0.2, 0) is 25.5 Å². The van der Waals surface area contributed by atoms with Crippen LogP contribution in [0.3, 0.4) is 0 Å².